The lowest BCUT2D eigenvalue weighted by molar-refractivity contribution is -0.114. The van der Waals surface area contributed by atoms with Gasteiger partial charge >= 0.3 is 0 Å². The fourth-order valence-corrected chi connectivity index (χ4v) is 2.52. The van der Waals surface area contributed by atoms with Crippen LogP contribution in [0.4, 0.5) is 14.6 Å². The molecule has 9 heteroatoms. The highest BCUT2D eigenvalue weighted by atomic mass is 19.3. The van der Waals surface area contributed by atoms with Crippen molar-refractivity contribution in [1.29, 1.82) is 0 Å². The molecule has 2 N–H and O–H groups in total. The normalized spacial score (nSPS) is 11.8. The van der Waals surface area contributed by atoms with Crippen molar-refractivity contribution in [3.8, 4) is 5.75 Å². The number of rotatable bonds is 7. The molecule has 2 aromatic rings. The number of carbonyl (C=O) groups is 2. The number of pyridine rings is 2. The molecule has 0 aromatic carbocycles. The van der Waals surface area contributed by atoms with E-state index < -0.39 is 18.9 Å². The highest BCUT2D eigenvalue weighted by Crippen LogP contribution is 2.20. The van der Waals surface area contributed by atoms with Gasteiger partial charge in [0.1, 0.15) is 23.9 Å². The summed E-state index contributed by atoms with van der Waals surface area (Å²) in [6, 6.07) is 4.58. The fraction of sp³-hybridized carbons (Fsp3) is 0.368. The molecule has 2 heterocycles. The number of hydrogen-bond acceptors (Lipinski definition) is 5. The van der Waals surface area contributed by atoms with Gasteiger partial charge in [-0.05, 0) is 50.1 Å². The zero-order valence-electron chi connectivity index (χ0n) is 16.0. The molecular weight excluding hydrogens is 370 g/mol. The van der Waals surface area contributed by atoms with E-state index in [9.17, 15) is 18.4 Å². The Morgan fingerprint density at radius 2 is 1.93 bits per heavy atom. The highest BCUT2D eigenvalue weighted by molar-refractivity contribution is 5.93. The van der Waals surface area contributed by atoms with Crippen LogP contribution in [0.3, 0.4) is 0 Å². The number of hydrogen-bond donors (Lipinski definition) is 2. The summed E-state index contributed by atoms with van der Waals surface area (Å²) in [4.78, 5) is 31.9. The molecule has 0 saturated heterocycles. The lowest BCUT2D eigenvalue weighted by Gasteiger charge is -2.16. The van der Waals surface area contributed by atoms with Crippen LogP contribution in [0.5, 0.6) is 5.75 Å². The number of alkyl halides is 2. The second-order valence-electron chi connectivity index (χ2n) is 6.34. The van der Waals surface area contributed by atoms with Crippen LogP contribution in [0, 0.1) is 13.8 Å². The Bertz CT molecular complexity index is 874. The number of aryl methyl sites for hydroxylation is 2. The van der Waals surface area contributed by atoms with Crippen LogP contribution in [-0.2, 0) is 4.79 Å². The van der Waals surface area contributed by atoms with E-state index in [2.05, 4.69) is 20.6 Å². The summed E-state index contributed by atoms with van der Waals surface area (Å²) < 4.78 is 29.5. The number of anilines is 1. The highest BCUT2D eigenvalue weighted by Gasteiger charge is 2.16. The maximum absolute atomic E-state index is 12.5. The molecule has 2 rings (SSSR count). The molecular formula is C19H22F2N4O3. The minimum absolute atomic E-state index is 0.140. The van der Waals surface area contributed by atoms with Gasteiger partial charge in [0.2, 0.25) is 5.91 Å². The van der Waals surface area contributed by atoms with Gasteiger partial charge in [-0.25, -0.2) is 18.7 Å². The molecule has 0 aliphatic rings. The van der Waals surface area contributed by atoms with Crippen LogP contribution in [0.15, 0.2) is 24.4 Å². The SMILES string of the molecule is CC(=O)Nc1cc(C(C)NC(=O)c2cc(C)c(OCC(F)F)cn2)cc(C)n1. The minimum Gasteiger partial charge on any atom is -0.486 e. The number of aromatic nitrogens is 2. The van der Waals surface area contributed by atoms with Crippen molar-refractivity contribution in [2.24, 2.45) is 0 Å². The fourth-order valence-electron chi connectivity index (χ4n) is 2.52. The minimum atomic E-state index is -2.59. The Kier molecular flexibility index (Phi) is 6.97. The molecule has 1 unspecified atom stereocenters. The molecule has 2 aromatic heterocycles. The first-order chi connectivity index (χ1) is 13.2. The quantitative estimate of drug-likeness (QED) is 0.755. The number of ether oxygens (including phenoxy) is 1. The van der Waals surface area contributed by atoms with Crippen LogP contribution in [0.2, 0.25) is 0 Å². The molecule has 0 aliphatic heterocycles. The molecule has 7 nitrogen and oxygen atoms in total. The Balaban J connectivity index is 2.11. The molecule has 0 bridgehead atoms. The van der Waals surface area contributed by atoms with Crippen molar-refractivity contribution in [1.82, 2.24) is 15.3 Å². The summed E-state index contributed by atoms with van der Waals surface area (Å²) >= 11 is 0. The lowest BCUT2D eigenvalue weighted by Crippen LogP contribution is -2.27. The van der Waals surface area contributed by atoms with E-state index in [0.29, 0.717) is 17.1 Å². The largest absolute Gasteiger partial charge is 0.486 e. The van der Waals surface area contributed by atoms with Crippen molar-refractivity contribution in [2.75, 3.05) is 11.9 Å². The van der Waals surface area contributed by atoms with Gasteiger partial charge in [0.15, 0.2) is 0 Å². The summed E-state index contributed by atoms with van der Waals surface area (Å²) in [7, 11) is 0. The van der Waals surface area contributed by atoms with Gasteiger partial charge in [0.25, 0.3) is 12.3 Å². The first kappa shape index (κ1) is 21.2. The van der Waals surface area contributed by atoms with Gasteiger partial charge in [-0.3, -0.25) is 9.59 Å². The van der Waals surface area contributed by atoms with E-state index in [4.69, 9.17) is 4.74 Å². The number of carbonyl (C=O) groups excluding carboxylic acids is 2. The van der Waals surface area contributed by atoms with Crippen LogP contribution in [0.1, 0.15) is 47.2 Å². The predicted octanol–water partition coefficient (Wildman–Crippen LogP) is 3.19. The zero-order valence-corrected chi connectivity index (χ0v) is 16.0. The second-order valence-corrected chi connectivity index (χ2v) is 6.34. The molecule has 28 heavy (non-hydrogen) atoms. The molecule has 0 radical (unpaired) electrons. The third kappa shape index (κ3) is 5.97. The molecule has 0 fully saturated rings. The third-order valence-electron chi connectivity index (χ3n) is 3.79. The van der Waals surface area contributed by atoms with Crippen LogP contribution in [0.25, 0.3) is 0 Å². The molecule has 1 atom stereocenters. The van der Waals surface area contributed by atoms with Gasteiger partial charge in [0, 0.05) is 12.6 Å². The van der Waals surface area contributed by atoms with Gasteiger partial charge in [0.05, 0.1) is 12.2 Å². The van der Waals surface area contributed by atoms with Crippen molar-refractivity contribution in [2.45, 2.75) is 40.2 Å². The van der Waals surface area contributed by atoms with Gasteiger partial charge < -0.3 is 15.4 Å². The lowest BCUT2D eigenvalue weighted by atomic mass is 10.1. The van der Waals surface area contributed by atoms with E-state index in [-0.39, 0.29) is 23.4 Å². The van der Waals surface area contributed by atoms with Crippen molar-refractivity contribution in [3.05, 3.63) is 46.9 Å². The summed E-state index contributed by atoms with van der Waals surface area (Å²) in [5, 5.41) is 5.43. The average molecular weight is 392 g/mol. The Morgan fingerprint density at radius 1 is 1.21 bits per heavy atom. The van der Waals surface area contributed by atoms with Crippen LogP contribution >= 0.6 is 0 Å². The molecule has 0 spiro atoms. The third-order valence-corrected chi connectivity index (χ3v) is 3.79. The summed E-state index contributed by atoms with van der Waals surface area (Å²) in [6.07, 6.45) is -1.34. The van der Waals surface area contributed by atoms with Crippen molar-refractivity contribution in [3.63, 3.8) is 0 Å². The average Bonchev–Trinajstić information content (AvgIpc) is 2.59. The maximum atomic E-state index is 12.5. The summed E-state index contributed by atoms with van der Waals surface area (Å²) in [6.45, 7) is 5.87. The number of amides is 2. The van der Waals surface area contributed by atoms with Crippen molar-refractivity contribution >= 4 is 17.6 Å². The van der Waals surface area contributed by atoms with Gasteiger partial charge in [-0.1, -0.05) is 0 Å². The van der Waals surface area contributed by atoms with E-state index in [1.807, 2.05) is 0 Å². The predicted molar refractivity (Wildman–Crippen MR) is 99.6 cm³/mol. The first-order valence-corrected chi connectivity index (χ1v) is 8.60. The second kappa shape index (κ2) is 9.20. The standard InChI is InChI=1S/C19H22F2N4O3/c1-10-5-15(22-8-16(10)28-9-17(20)21)19(27)24-12(3)14-6-11(2)23-18(7-14)25-13(4)26/h5-8,12,17H,9H2,1-4H3,(H,24,27)(H,23,25,26). The number of nitrogens with one attached hydrogen (secondary N) is 2. The number of nitrogens with zero attached hydrogens (tertiary/aromatic N) is 2. The van der Waals surface area contributed by atoms with E-state index in [1.54, 1.807) is 32.9 Å². The zero-order chi connectivity index (χ0) is 20.8. The van der Waals surface area contributed by atoms with Crippen molar-refractivity contribution < 1.29 is 23.1 Å². The molecule has 0 aliphatic carbocycles. The number of halogens is 2. The topological polar surface area (TPSA) is 93.2 Å². The summed E-state index contributed by atoms with van der Waals surface area (Å²) in [5.74, 6) is -0.0613. The maximum Gasteiger partial charge on any atom is 0.272 e. The van der Waals surface area contributed by atoms with E-state index in [1.165, 1.54) is 19.2 Å². The summed E-state index contributed by atoms with van der Waals surface area (Å²) in [5.41, 5.74) is 2.12. The van der Waals surface area contributed by atoms with E-state index >= 15 is 0 Å². The molecule has 150 valence electrons. The molecule has 0 saturated carbocycles. The Hall–Kier alpha value is -3.10. The smallest absolute Gasteiger partial charge is 0.272 e. The van der Waals surface area contributed by atoms with Gasteiger partial charge in [-0.15, -0.1) is 0 Å². The Labute approximate surface area is 161 Å². The van der Waals surface area contributed by atoms with Crippen LogP contribution < -0.4 is 15.4 Å². The van der Waals surface area contributed by atoms with E-state index in [0.717, 1.165) is 5.56 Å². The monoisotopic (exact) mass is 392 g/mol. The Morgan fingerprint density at radius 3 is 2.54 bits per heavy atom. The first-order valence-electron chi connectivity index (χ1n) is 8.60. The van der Waals surface area contributed by atoms with Crippen LogP contribution in [-0.4, -0.2) is 34.8 Å². The molecule has 2 amide bonds. The van der Waals surface area contributed by atoms with Gasteiger partial charge in [-0.2, -0.15) is 0 Å².